The lowest BCUT2D eigenvalue weighted by atomic mass is 9.97. The Morgan fingerprint density at radius 3 is 2.71 bits per heavy atom. The van der Waals surface area contributed by atoms with Crippen LogP contribution in [0.3, 0.4) is 0 Å². The highest BCUT2D eigenvalue weighted by molar-refractivity contribution is 7.99. The van der Waals surface area contributed by atoms with Gasteiger partial charge in [0.15, 0.2) is 5.16 Å². The molecule has 0 unspecified atom stereocenters. The van der Waals surface area contributed by atoms with Crippen LogP contribution in [-0.2, 0) is 17.6 Å². The van der Waals surface area contributed by atoms with Gasteiger partial charge in [-0.2, -0.15) is 0 Å². The van der Waals surface area contributed by atoms with Crippen molar-refractivity contribution in [2.45, 2.75) is 30.8 Å². The van der Waals surface area contributed by atoms with Crippen molar-refractivity contribution in [3.05, 3.63) is 50.6 Å². The molecule has 28 heavy (non-hydrogen) atoms. The standard InChI is InChI=1S/C19H17N3O4S2/c23-14(20-11-7-5-10(6-8-11)18(25)26)9-27-19-21-16(24)15-12-3-1-2-4-13(12)28-17(15)22-19/h5-8H,1-4,9H2,(H,20,23)(H,25,26)(H,21,22,24). The number of amides is 1. The number of aromatic amines is 1. The number of H-pyrrole nitrogens is 1. The van der Waals surface area contributed by atoms with Gasteiger partial charge in [0.05, 0.1) is 16.7 Å². The fourth-order valence-electron chi connectivity index (χ4n) is 3.24. The van der Waals surface area contributed by atoms with Gasteiger partial charge in [0.25, 0.3) is 5.56 Å². The maximum Gasteiger partial charge on any atom is 0.335 e. The molecule has 7 nitrogen and oxygen atoms in total. The minimum absolute atomic E-state index is 0.0835. The number of nitrogens with one attached hydrogen (secondary N) is 2. The molecule has 1 amide bonds. The number of anilines is 1. The number of thioether (sulfide) groups is 1. The number of carbonyl (C=O) groups excluding carboxylic acids is 1. The first-order chi connectivity index (χ1) is 13.5. The van der Waals surface area contributed by atoms with E-state index >= 15 is 0 Å². The molecular formula is C19H17N3O4S2. The summed E-state index contributed by atoms with van der Waals surface area (Å²) in [5.41, 5.74) is 1.66. The quantitative estimate of drug-likeness (QED) is 0.435. The molecule has 0 bridgehead atoms. The van der Waals surface area contributed by atoms with Gasteiger partial charge in [-0.3, -0.25) is 9.59 Å². The molecule has 1 aromatic carbocycles. The Balaban J connectivity index is 1.44. The highest BCUT2D eigenvalue weighted by atomic mass is 32.2. The summed E-state index contributed by atoms with van der Waals surface area (Å²) in [6, 6.07) is 5.93. The number of aromatic carboxylic acids is 1. The van der Waals surface area contributed by atoms with Gasteiger partial charge in [0, 0.05) is 10.6 Å². The third-order valence-corrected chi connectivity index (χ3v) is 6.62. The number of aryl methyl sites for hydroxylation is 2. The molecule has 9 heteroatoms. The molecule has 0 saturated carbocycles. The second-order valence-electron chi connectivity index (χ2n) is 6.48. The summed E-state index contributed by atoms with van der Waals surface area (Å²) < 4.78 is 0. The van der Waals surface area contributed by atoms with Gasteiger partial charge in [-0.25, -0.2) is 9.78 Å². The minimum atomic E-state index is -1.02. The molecule has 2 heterocycles. The van der Waals surface area contributed by atoms with Crippen molar-refractivity contribution < 1.29 is 14.7 Å². The summed E-state index contributed by atoms with van der Waals surface area (Å²) in [5.74, 6) is -1.20. The molecule has 1 aliphatic carbocycles. The van der Waals surface area contributed by atoms with E-state index in [-0.39, 0.29) is 22.8 Å². The number of carboxylic acid groups (broad SMARTS) is 1. The molecule has 3 aromatic rings. The number of benzene rings is 1. The Morgan fingerprint density at radius 2 is 1.96 bits per heavy atom. The van der Waals surface area contributed by atoms with Crippen LogP contribution in [0, 0.1) is 0 Å². The van der Waals surface area contributed by atoms with Crippen LogP contribution >= 0.6 is 23.1 Å². The van der Waals surface area contributed by atoms with Crippen LogP contribution in [0.15, 0.2) is 34.2 Å². The summed E-state index contributed by atoms with van der Waals surface area (Å²) in [4.78, 5) is 44.8. The highest BCUT2D eigenvalue weighted by Gasteiger charge is 2.20. The average Bonchev–Trinajstić information content (AvgIpc) is 3.05. The summed E-state index contributed by atoms with van der Waals surface area (Å²) in [7, 11) is 0. The van der Waals surface area contributed by atoms with Crippen LogP contribution in [0.2, 0.25) is 0 Å². The number of hydrogen-bond acceptors (Lipinski definition) is 6. The molecule has 0 spiro atoms. The van der Waals surface area contributed by atoms with Crippen molar-refractivity contribution in [3.8, 4) is 0 Å². The molecule has 2 aromatic heterocycles. The van der Waals surface area contributed by atoms with E-state index < -0.39 is 5.97 Å². The Kier molecular flexibility index (Phi) is 5.19. The van der Waals surface area contributed by atoms with E-state index in [0.717, 1.165) is 47.8 Å². The molecular weight excluding hydrogens is 398 g/mol. The van der Waals surface area contributed by atoms with Crippen molar-refractivity contribution in [2.75, 3.05) is 11.1 Å². The van der Waals surface area contributed by atoms with Gasteiger partial charge in [-0.05, 0) is 55.5 Å². The van der Waals surface area contributed by atoms with E-state index in [1.165, 1.54) is 29.1 Å². The van der Waals surface area contributed by atoms with Gasteiger partial charge >= 0.3 is 5.97 Å². The second kappa shape index (κ2) is 7.76. The molecule has 1 aliphatic rings. The normalized spacial score (nSPS) is 13.3. The average molecular weight is 415 g/mol. The maximum absolute atomic E-state index is 12.5. The summed E-state index contributed by atoms with van der Waals surface area (Å²) in [5, 5.41) is 12.7. The molecule has 0 saturated heterocycles. The van der Waals surface area contributed by atoms with Crippen molar-refractivity contribution in [2.24, 2.45) is 0 Å². The lowest BCUT2D eigenvalue weighted by Crippen LogP contribution is -2.15. The maximum atomic E-state index is 12.5. The third kappa shape index (κ3) is 3.81. The number of carbonyl (C=O) groups is 2. The largest absolute Gasteiger partial charge is 0.478 e. The van der Waals surface area contributed by atoms with Crippen molar-refractivity contribution >= 4 is 50.9 Å². The molecule has 0 radical (unpaired) electrons. The predicted octanol–water partition coefficient (Wildman–Crippen LogP) is 3.29. The molecule has 0 fully saturated rings. The van der Waals surface area contributed by atoms with Gasteiger partial charge in [-0.15, -0.1) is 11.3 Å². The number of hydrogen-bond donors (Lipinski definition) is 3. The van der Waals surface area contributed by atoms with Crippen molar-refractivity contribution in [1.82, 2.24) is 9.97 Å². The zero-order chi connectivity index (χ0) is 19.7. The van der Waals surface area contributed by atoms with Crippen molar-refractivity contribution in [1.29, 1.82) is 0 Å². The zero-order valence-electron chi connectivity index (χ0n) is 14.8. The van der Waals surface area contributed by atoms with E-state index in [9.17, 15) is 14.4 Å². The van der Waals surface area contributed by atoms with Crippen LogP contribution < -0.4 is 10.9 Å². The molecule has 4 rings (SSSR count). The van der Waals surface area contributed by atoms with Crippen LogP contribution in [0.5, 0.6) is 0 Å². The number of carboxylic acids is 1. The van der Waals surface area contributed by atoms with E-state index in [0.29, 0.717) is 16.2 Å². The summed E-state index contributed by atoms with van der Waals surface area (Å²) >= 11 is 2.74. The van der Waals surface area contributed by atoms with Gasteiger partial charge < -0.3 is 15.4 Å². The number of nitrogens with zero attached hydrogens (tertiary/aromatic N) is 1. The smallest absolute Gasteiger partial charge is 0.335 e. The van der Waals surface area contributed by atoms with Gasteiger partial charge in [0.2, 0.25) is 5.91 Å². The fraction of sp³-hybridized carbons (Fsp3) is 0.263. The van der Waals surface area contributed by atoms with Crippen LogP contribution in [-0.4, -0.2) is 32.7 Å². The number of fused-ring (bicyclic) bond motifs is 3. The lowest BCUT2D eigenvalue weighted by Gasteiger charge is -2.09. The van der Waals surface area contributed by atoms with Crippen LogP contribution in [0.25, 0.3) is 10.2 Å². The number of thiophene rings is 1. The Bertz CT molecular complexity index is 1120. The first-order valence-corrected chi connectivity index (χ1v) is 10.6. The zero-order valence-corrected chi connectivity index (χ0v) is 16.4. The highest BCUT2D eigenvalue weighted by Crippen LogP contribution is 2.34. The van der Waals surface area contributed by atoms with Crippen LogP contribution in [0.1, 0.15) is 33.6 Å². The minimum Gasteiger partial charge on any atom is -0.478 e. The van der Waals surface area contributed by atoms with E-state index in [4.69, 9.17) is 5.11 Å². The fourth-order valence-corrected chi connectivity index (χ4v) is 5.22. The molecule has 0 atom stereocenters. The summed E-state index contributed by atoms with van der Waals surface area (Å²) in [6.07, 6.45) is 4.17. The Labute approximate surface area is 168 Å². The topological polar surface area (TPSA) is 112 Å². The third-order valence-electron chi connectivity index (χ3n) is 4.56. The second-order valence-corrected chi connectivity index (χ2v) is 8.53. The van der Waals surface area contributed by atoms with Gasteiger partial charge in [-0.1, -0.05) is 11.8 Å². The Morgan fingerprint density at radius 1 is 1.21 bits per heavy atom. The van der Waals surface area contributed by atoms with Gasteiger partial charge in [0.1, 0.15) is 4.83 Å². The SMILES string of the molecule is O=C(CSc1nc2sc3c(c2c(=O)[nH]1)CCCC3)Nc1ccc(C(=O)O)cc1. The van der Waals surface area contributed by atoms with Crippen molar-refractivity contribution in [3.63, 3.8) is 0 Å². The first kappa shape index (κ1) is 18.7. The number of aromatic nitrogens is 2. The van der Waals surface area contributed by atoms with Crippen LogP contribution in [0.4, 0.5) is 5.69 Å². The number of rotatable bonds is 5. The summed E-state index contributed by atoms with van der Waals surface area (Å²) in [6.45, 7) is 0. The molecule has 3 N–H and O–H groups in total. The predicted molar refractivity (Wildman–Crippen MR) is 110 cm³/mol. The Hall–Kier alpha value is -2.65. The monoisotopic (exact) mass is 415 g/mol. The molecule has 144 valence electrons. The lowest BCUT2D eigenvalue weighted by molar-refractivity contribution is -0.113. The van der Waals surface area contributed by atoms with E-state index in [1.54, 1.807) is 11.3 Å². The van der Waals surface area contributed by atoms with E-state index in [2.05, 4.69) is 15.3 Å². The molecule has 0 aliphatic heterocycles. The van der Waals surface area contributed by atoms with E-state index in [1.807, 2.05) is 0 Å². The first-order valence-electron chi connectivity index (χ1n) is 8.82.